The molecule has 0 saturated carbocycles. The molecule has 1 heterocycles. The monoisotopic (exact) mass is 256 g/mol. The van der Waals surface area contributed by atoms with Gasteiger partial charge in [-0.1, -0.05) is 26.2 Å². The number of nitrogens with zero attached hydrogens (tertiary/aromatic N) is 2. The van der Waals surface area contributed by atoms with Crippen LogP contribution in [0.1, 0.15) is 64.7 Å². The van der Waals surface area contributed by atoms with Gasteiger partial charge in [0.2, 0.25) is 6.23 Å². The highest BCUT2D eigenvalue weighted by Crippen LogP contribution is 2.21. The number of rotatable bonds is 6. The topological polar surface area (TPSA) is 54.8 Å². The minimum Gasteiger partial charge on any atom is -0.504 e. The van der Waals surface area contributed by atoms with Crippen LogP contribution in [0.3, 0.4) is 0 Å². The molecule has 1 saturated heterocycles. The number of ether oxygens (including phenoxy) is 1. The van der Waals surface area contributed by atoms with E-state index < -0.39 is 0 Å². The SMILES string of the molecule is CCCCC1CCCCCCC(OCCO)[N+]1=[N-]. The fourth-order valence-electron chi connectivity index (χ4n) is 2.62. The fourth-order valence-corrected chi connectivity index (χ4v) is 2.62. The first-order valence-electron chi connectivity index (χ1n) is 7.49. The molecule has 4 nitrogen and oxygen atoms in total. The van der Waals surface area contributed by atoms with Crippen molar-refractivity contribution in [2.45, 2.75) is 77.0 Å². The third kappa shape index (κ3) is 5.44. The Balaban J connectivity index is 2.57. The van der Waals surface area contributed by atoms with Gasteiger partial charge >= 0.3 is 0 Å². The van der Waals surface area contributed by atoms with Gasteiger partial charge in [-0.25, -0.2) is 0 Å². The van der Waals surface area contributed by atoms with Crippen LogP contribution in [0, 0.1) is 0 Å². The van der Waals surface area contributed by atoms with E-state index in [1.54, 1.807) is 0 Å². The van der Waals surface area contributed by atoms with E-state index in [2.05, 4.69) is 6.92 Å². The molecule has 0 aromatic heterocycles. The maximum Gasteiger partial charge on any atom is 0.247 e. The van der Waals surface area contributed by atoms with Gasteiger partial charge in [-0.15, -0.1) is 0 Å². The van der Waals surface area contributed by atoms with Gasteiger partial charge in [0, 0.05) is 19.3 Å². The van der Waals surface area contributed by atoms with E-state index >= 15 is 0 Å². The Morgan fingerprint density at radius 3 is 2.61 bits per heavy atom. The highest BCUT2D eigenvalue weighted by molar-refractivity contribution is 4.61. The average Bonchev–Trinajstić information content (AvgIpc) is 2.46. The molecule has 1 aliphatic heterocycles. The van der Waals surface area contributed by atoms with Crippen molar-refractivity contribution in [2.24, 2.45) is 0 Å². The van der Waals surface area contributed by atoms with Crippen LogP contribution in [0.15, 0.2) is 0 Å². The summed E-state index contributed by atoms with van der Waals surface area (Å²) >= 11 is 0. The summed E-state index contributed by atoms with van der Waals surface area (Å²) in [6, 6.07) is 0.215. The van der Waals surface area contributed by atoms with E-state index in [1.165, 1.54) is 24.0 Å². The highest BCUT2D eigenvalue weighted by atomic mass is 16.5. The summed E-state index contributed by atoms with van der Waals surface area (Å²) in [4.78, 5) is 0. The lowest BCUT2D eigenvalue weighted by Gasteiger charge is -2.25. The van der Waals surface area contributed by atoms with Gasteiger partial charge < -0.3 is 15.4 Å². The standard InChI is InChI=1S/C14H28N2O2/c1-2-3-8-13-9-6-4-5-7-10-14(16(13)15)18-12-11-17/h13-14,17H,2-12H2,1H3. The molecule has 2 atom stereocenters. The average molecular weight is 256 g/mol. The predicted molar refractivity (Wildman–Crippen MR) is 71.5 cm³/mol. The summed E-state index contributed by atoms with van der Waals surface area (Å²) in [5.74, 6) is 0. The van der Waals surface area contributed by atoms with Crippen molar-refractivity contribution in [1.82, 2.24) is 0 Å². The van der Waals surface area contributed by atoms with Crippen molar-refractivity contribution in [1.29, 1.82) is 0 Å². The second-order valence-corrected chi connectivity index (χ2v) is 5.22. The first-order valence-corrected chi connectivity index (χ1v) is 7.49. The Hall–Kier alpha value is -0.480. The minimum atomic E-state index is -0.239. The van der Waals surface area contributed by atoms with Crippen molar-refractivity contribution in [2.75, 3.05) is 13.2 Å². The molecule has 106 valence electrons. The molecule has 1 aliphatic rings. The summed E-state index contributed by atoms with van der Waals surface area (Å²) in [5.41, 5.74) is 10.3. The summed E-state index contributed by atoms with van der Waals surface area (Å²) in [7, 11) is 0. The Bertz CT molecular complexity index is 212. The van der Waals surface area contributed by atoms with Crippen LogP contribution in [0.5, 0.6) is 0 Å². The van der Waals surface area contributed by atoms with E-state index in [0.29, 0.717) is 6.61 Å². The van der Waals surface area contributed by atoms with E-state index in [4.69, 9.17) is 9.84 Å². The van der Waals surface area contributed by atoms with E-state index in [9.17, 15) is 5.53 Å². The number of aliphatic hydroxyl groups excluding tert-OH is 1. The summed E-state index contributed by atoms with van der Waals surface area (Å²) < 4.78 is 7.00. The van der Waals surface area contributed by atoms with Crippen LogP contribution in [-0.4, -0.2) is 35.3 Å². The van der Waals surface area contributed by atoms with Crippen LogP contribution >= 0.6 is 0 Å². The van der Waals surface area contributed by atoms with E-state index in [0.717, 1.165) is 38.5 Å². The van der Waals surface area contributed by atoms with Gasteiger partial charge in [-0.2, -0.15) is 0 Å². The molecule has 0 radical (unpaired) electrons. The van der Waals surface area contributed by atoms with Crippen molar-refractivity contribution in [3.8, 4) is 0 Å². The lowest BCUT2D eigenvalue weighted by Crippen LogP contribution is -2.35. The number of hydrogen-bond donors (Lipinski definition) is 1. The van der Waals surface area contributed by atoms with Crippen molar-refractivity contribution >= 4 is 0 Å². The summed E-state index contributed by atoms with van der Waals surface area (Å²) in [6.45, 7) is 2.50. The zero-order chi connectivity index (χ0) is 13.2. The number of hydrogen-bond acceptors (Lipinski definition) is 2. The predicted octanol–water partition coefficient (Wildman–Crippen LogP) is 3.27. The molecule has 0 spiro atoms. The molecule has 1 fully saturated rings. The van der Waals surface area contributed by atoms with Gasteiger partial charge in [-0.3, -0.25) is 4.70 Å². The van der Waals surface area contributed by atoms with Crippen LogP contribution < -0.4 is 0 Å². The normalized spacial score (nSPS) is 26.4. The third-order valence-corrected chi connectivity index (χ3v) is 3.70. The maximum absolute atomic E-state index is 10.3. The molecule has 0 aliphatic carbocycles. The zero-order valence-electron chi connectivity index (χ0n) is 11.7. The lowest BCUT2D eigenvalue weighted by molar-refractivity contribution is -0.663. The zero-order valence-corrected chi connectivity index (χ0v) is 11.7. The molecule has 0 aromatic rings. The minimum absolute atomic E-state index is 0.0178. The first-order chi connectivity index (χ1) is 8.79. The molecule has 0 amide bonds. The summed E-state index contributed by atoms with van der Waals surface area (Å²) in [6.07, 6.45) is 9.77. The van der Waals surface area contributed by atoms with Gasteiger partial charge in [0.15, 0.2) is 0 Å². The molecule has 1 N–H and O–H groups in total. The molecular weight excluding hydrogens is 228 g/mol. The van der Waals surface area contributed by atoms with Crippen molar-refractivity contribution in [3.63, 3.8) is 0 Å². The van der Waals surface area contributed by atoms with Gasteiger partial charge in [0.25, 0.3) is 0 Å². The third-order valence-electron chi connectivity index (χ3n) is 3.70. The maximum atomic E-state index is 10.3. The molecular formula is C14H28N2O2. The highest BCUT2D eigenvalue weighted by Gasteiger charge is 2.25. The Kier molecular flexibility index (Phi) is 8.18. The van der Waals surface area contributed by atoms with Gasteiger partial charge in [0.1, 0.15) is 6.04 Å². The van der Waals surface area contributed by atoms with Crippen molar-refractivity contribution in [3.05, 3.63) is 5.53 Å². The van der Waals surface area contributed by atoms with E-state index in [-0.39, 0.29) is 18.9 Å². The Morgan fingerprint density at radius 1 is 1.22 bits per heavy atom. The lowest BCUT2D eigenvalue weighted by atomic mass is 10.0. The van der Waals surface area contributed by atoms with Crippen LogP contribution in [-0.2, 0) is 4.74 Å². The Labute approximate surface area is 111 Å². The number of unbranched alkanes of at least 4 members (excludes halogenated alkanes) is 1. The van der Waals surface area contributed by atoms with Gasteiger partial charge in [-0.05, 0) is 19.3 Å². The molecule has 4 heteroatoms. The van der Waals surface area contributed by atoms with Crippen LogP contribution in [0.25, 0.3) is 5.53 Å². The second kappa shape index (κ2) is 9.45. The van der Waals surface area contributed by atoms with Crippen LogP contribution in [0.2, 0.25) is 0 Å². The fraction of sp³-hybridized carbons (Fsp3) is 1.00. The molecule has 1 rings (SSSR count). The molecule has 0 bridgehead atoms. The molecule has 18 heavy (non-hydrogen) atoms. The summed E-state index contributed by atoms with van der Waals surface area (Å²) in [5, 5.41) is 8.85. The second-order valence-electron chi connectivity index (χ2n) is 5.22. The van der Waals surface area contributed by atoms with Crippen molar-refractivity contribution < 1.29 is 14.5 Å². The quantitative estimate of drug-likeness (QED) is 0.741. The first kappa shape index (κ1) is 15.6. The van der Waals surface area contributed by atoms with Crippen LogP contribution in [0.4, 0.5) is 0 Å². The van der Waals surface area contributed by atoms with Gasteiger partial charge in [0.05, 0.1) is 13.2 Å². The largest absolute Gasteiger partial charge is 0.504 e. The van der Waals surface area contributed by atoms with E-state index in [1.807, 2.05) is 0 Å². The molecule has 0 aromatic carbocycles. The Morgan fingerprint density at radius 2 is 1.94 bits per heavy atom. The smallest absolute Gasteiger partial charge is 0.247 e. The molecule has 2 unspecified atom stereocenters. The number of aliphatic hydroxyl groups is 1.